The van der Waals surface area contributed by atoms with Gasteiger partial charge in [-0.3, -0.25) is 0 Å². The van der Waals surface area contributed by atoms with Gasteiger partial charge in [-0.05, 0) is 6.07 Å². The topological polar surface area (TPSA) is 98.0 Å². The van der Waals surface area contributed by atoms with Crippen molar-refractivity contribution in [2.45, 2.75) is 0 Å². The second kappa shape index (κ2) is 5.57. The Morgan fingerprint density at radius 2 is 1.64 bits per heavy atom. The first-order valence-corrected chi connectivity index (χ1v) is 5.10. The summed E-state index contributed by atoms with van der Waals surface area (Å²) in [4.78, 5) is 21.6. The summed E-state index contributed by atoms with van der Waals surface area (Å²) in [6.07, 6.45) is 1.62. The van der Waals surface area contributed by atoms with Gasteiger partial charge in [0.25, 0.3) is 0 Å². The highest BCUT2D eigenvalue weighted by molar-refractivity contribution is 7.45. The van der Waals surface area contributed by atoms with Crippen molar-refractivity contribution in [3.8, 4) is 5.75 Å². The Kier molecular flexibility index (Phi) is 5.12. The first-order chi connectivity index (χ1) is 6.34. The number of aromatic hydroxyl groups is 1. The molecule has 0 aromatic heterocycles. The average Bonchev–Trinajstić information content (AvgIpc) is 2.02. The van der Waals surface area contributed by atoms with Crippen molar-refractivity contribution in [3.05, 3.63) is 36.4 Å². The van der Waals surface area contributed by atoms with E-state index in [1.165, 1.54) is 0 Å². The van der Waals surface area contributed by atoms with Gasteiger partial charge < -0.3 is 19.8 Å². The number of benzene rings is 1. The third kappa shape index (κ3) is 7.52. The lowest BCUT2D eigenvalue weighted by Gasteiger charge is -1.93. The summed E-state index contributed by atoms with van der Waals surface area (Å²) in [6, 6.07) is 7.08. The van der Waals surface area contributed by atoms with E-state index in [-0.39, 0.29) is 5.75 Å². The molecule has 0 amide bonds. The molecule has 14 heavy (non-hydrogen) atoms. The van der Waals surface area contributed by atoms with Crippen molar-refractivity contribution in [3.63, 3.8) is 0 Å². The van der Waals surface area contributed by atoms with Crippen LogP contribution in [0, 0.1) is 0 Å². The largest absolute Gasteiger partial charge is 0.507 e. The number of phenols is 1. The molecule has 0 heterocycles. The van der Waals surface area contributed by atoms with E-state index in [9.17, 15) is 0 Å². The van der Waals surface area contributed by atoms with Gasteiger partial charge in [-0.15, -0.1) is 0 Å². The van der Waals surface area contributed by atoms with Gasteiger partial charge in [0.05, 0.1) is 0 Å². The van der Waals surface area contributed by atoms with E-state index in [4.69, 9.17) is 24.4 Å². The highest BCUT2D eigenvalue weighted by Crippen LogP contribution is 2.25. The van der Waals surface area contributed by atoms with Crippen LogP contribution in [0.3, 0.4) is 0 Å². The lowest BCUT2D eigenvalue weighted by atomic mass is 10.2. The molecule has 78 valence electrons. The third-order valence-electron chi connectivity index (χ3n) is 1.16. The minimum absolute atomic E-state index is 0.285. The fourth-order valence-corrected chi connectivity index (χ4v) is 0.660. The SMILES string of the molecule is C=Cc1ccccc1O.O=P(O)(O)O. The van der Waals surface area contributed by atoms with Crippen LogP contribution in [0.2, 0.25) is 0 Å². The van der Waals surface area contributed by atoms with Crippen LogP contribution in [0.4, 0.5) is 0 Å². The molecule has 0 bridgehead atoms. The molecule has 0 aliphatic carbocycles. The predicted molar refractivity (Wildman–Crippen MR) is 52.5 cm³/mol. The van der Waals surface area contributed by atoms with Gasteiger partial charge >= 0.3 is 7.82 Å². The molecule has 0 atom stereocenters. The number of phenolic OH excluding ortho intramolecular Hbond substituents is 1. The molecular formula is C8H11O5P. The number of hydrogen-bond donors (Lipinski definition) is 4. The van der Waals surface area contributed by atoms with E-state index in [1.807, 2.05) is 12.1 Å². The lowest BCUT2D eigenvalue weighted by molar-refractivity contribution is 0.275. The number of hydrogen-bond acceptors (Lipinski definition) is 2. The first-order valence-electron chi connectivity index (χ1n) is 3.53. The van der Waals surface area contributed by atoms with Gasteiger partial charge in [0.1, 0.15) is 5.75 Å². The molecule has 6 heteroatoms. The fraction of sp³-hybridized carbons (Fsp3) is 0. The summed E-state index contributed by atoms with van der Waals surface area (Å²) in [7, 11) is -4.64. The Morgan fingerprint density at radius 3 is 1.93 bits per heavy atom. The van der Waals surface area contributed by atoms with Gasteiger partial charge in [-0.25, -0.2) is 4.57 Å². The Balaban J connectivity index is 0.000000292. The maximum absolute atomic E-state index is 9.04. The second-order valence-corrected chi connectivity index (χ2v) is 3.30. The molecule has 0 aliphatic rings. The predicted octanol–water partition coefficient (Wildman–Crippen LogP) is 1.11. The summed E-state index contributed by atoms with van der Waals surface area (Å²) < 4.78 is 8.88. The second-order valence-electron chi connectivity index (χ2n) is 2.28. The van der Waals surface area contributed by atoms with Crippen molar-refractivity contribution in [1.29, 1.82) is 0 Å². The molecule has 1 aromatic rings. The zero-order chi connectivity index (χ0) is 11.2. The molecule has 0 saturated heterocycles. The van der Waals surface area contributed by atoms with Crippen molar-refractivity contribution < 1.29 is 24.4 Å². The number of phosphoric acid groups is 1. The maximum atomic E-state index is 9.04. The zero-order valence-corrected chi connectivity index (χ0v) is 8.13. The average molecular weight is 218 g/mol. The third-order valence-corrected chi connectivity index (χ3v) is 1.16. The van der Waals surface area contributed by atoms with E-state index in [0.29, 0.717) is 0 Å². The molecule has 0 aliphatic heterocycles. The summed E-state index contributed by atoms with van der Waals surface area (Å²) in [5.74, 6) is 0.285. The van der Waals surface area contributed by atoms with Gasteiger partial charge in [0.15, 0.2) is 0 Å². The van der Waals surface area contributed by atoms with E-state index in [2.05, 4.69) is 6.58 Å². The standard InChI is InChI=1S/C8H8O.H3O4P/c1-2-7-5-3-4-6-8(7)9;1-5(2,3)4/h2-6,9H,1H2;(H3,1,2,3,4). The van der Waals surface area contributed by atoms with E-state index in [1.54, 1.807) is 18.2 Å². The van der Waals surface area contributed by atoms with E-state index in [0.717, 1.165) is 5.56 Å². The van der Waals surface area contributed by atoms with Gasteiger partial charge in [-0.1, -0.05) is 30.9 Å². The van der Waals surface area contributed by atoms with Gasteiger partial charge in [0.2, 0.25) is 0 Å². The first kappa shape index (κ1) is 12.9. The Hall–Kier alpha value is -1.13. The van der Waals surface area contributed by atoms with E-state index >= 15 is 0 Å². The smallest absolute Gasteiger partial charge is 0.466 e. The summed E-state index contributed by atoms with van der Waals surface area (Å²) >= 11 is 0. The van der Waals surface area contributed by atoms with Crippen LogP contribution < -0.4 is 0 Å². The molecule has 1 aromatic carbocycles. The molecule has 0 saturated carbocycles. The minimum atomic E-state index is -4.64. The highest BCUT2D eigenvalue weighted by Gasteiger charge is 2.00. The molecular weight excluding hydrogens is 207 g/mol. The van der Waals surface area contributed by atoms with Crippen LogP contribution in [-0.2, 0) is 4.57 Å². The van der Waals surface area contributed by atoms with Crippen molar-refractivity contribution in [1.82, 2.24) is 0 Å². The quantitative estimate of drug-likeness (QED) is 0.529. The maximum Gasteiger partial charge on any atom is 0.466 e. The summed E-state index contributed by atoms with van der Waals surface area (Å²) in [5.41, 5.74) is 0.775. The van der Waals surface area contributed by atoms with Crippen LogP contribution in [0.5, 0.6) is 5.75 Å². The monoisotopic (exact) mass is 218 g/mol. The molecule has 0 fully saturated rings. The summed E-state index contributed by atoms with van der Waals surface area (Å²) in [5, 5.41) is 9.04. The molecule has 0 spiro atoms. The van der Waals surface area contributed by atoms with Gasteiger partial charge in [-0.2, -0.15) is 0 Å². The molecule has 0 radical (unpaired) electrons. The van der Waals surface area contributed by atoms with Crippen LogP contribution in [0.1, 0.15) is 5.56 Å². The van der Waals surface area contributed by atoms with Crippen LogP contribution in [-0.4, -0.2) is 19.8 Å². The van der Waals surface area contributed by atoms with Crippen molar-refractivity contribution in [2.24, 2.45) is 0 Å². The Labute approximate surface area is 81.2 Å². The number of rotatable bonds is 1. The Bertz CT molecular complexity index is 335. The van der Waals surface area contributed by atoms with Crippen LogP contribution >= 0.6 is 7.82 Å². The fourth-order valence-electron chi connectivity index (χ4n) is 0.660. The van der Waals surface area contributed by atoms with Crippen LogP contribution in [0.15, 0.2) is 30.8 Å². The molecule has 5 nitrogen and oxygen atoms in total. The summed E-state index contributed by atoms with van der Waals surface area (Å²) in [6.45, 7) is 3.53. The molecule has 0 unspecified atom stereocenters. The van der Waals surface area contributed by atoms with Crippen molar-refractivity contribution in [2.75, 3.05) is 0 Å². The zero-order valence-electron chi connectivity index (χ0n) is 7.24. The van der Waals surface area contributed by atoms with Crippen LogP contribution in [0.25, 0.3) is 6.08 Å². The Morgan fingerprint density at radius 1 is 1.21 bits per heavy atom. The van der Waals surface area contributed by atoms with Gasteiger partial charge in [0, 0.05) is 5.56 Å². The normalized spacial score (nSPS) is 9.93. The van der Waals surface area contributed by atoms with Crippen molar-refractivity contribution >= 4 is 13.9 Å². The molecule has 1 rings (SSSR count). The minimum Gasteiger partial charge on any atom is -0.507 e. The lowest BCUT2D eigenvalue weighted by Crippen LogP contribution is -1.69. The van der Waals surface area contributed by atoms with E-state index < -0.39 is 7.82 Å². The highest BCUT2D eigenvalue weighted by atomic mass is 31.2. The molecule has 4 N–H and O–H groups in total. The number of para-hydroxylation sites is 1.